The number of benzene rings is 4. The van der Waals surface area contributed by atoms with Crippen LogP contribution >= 0.6 is 0 Å². The second kappa shape index (κ2) is 21.1. The number of aromatic nitrogens is 6. The molecule has 0 aliphatic heterocycles. The topological polar surface area (TPSA) is 275 Å². The summed E-state index contributed by atoms with van der Waals surface area (Å²) in [4.78, 5) is 26.6. The summed E-state index contributed by atoms with van der Waals surface area (Å²) in [5.41, 5.74) is 3.05. The minimum atomic E-state index is -2.70. The number of nitrogens with zero attached hydrogens (tertiary/aromatic N) is 6. The van der Waals surface area contributed by atoms with E-state index in [1.54, 1.807) is 36.4 Å². The van der Waals surface area contributed by atoms with Crippen LogP contribution in [0.1, 0.15) is 11.1 Å². The molecule has 2 atom stereocenters. The predicted octanol–water partition coefficient (Wildman–Crippen LogP) is 5.27. The first kappa shape index (κ1) is 41.8. The zero-order valence-electron chi connectivity index (χ0n) is 31.2. The summed E-state index contributed by atoms with van der Waals surface area (Å²) in [6, 6.07) is 28.2. The van der Waals surface area contributed by atoms with E-state index >= 15 is 0 Å². The van der Waals surface area contributed by atoms with Crippen LogP contribution in [-0.4, -0.2) is 85.8 Å². The summed E-state index contributed by atoms with van der Waals surface area (Å²) in [6.45, 7) is 1.25. The SMILES string of the molecule is CNCCNc1nc(Nc2ccccc2)nc(Nc2ccc(/C=C/c3ccc(Nc4nc(NCCO)nc(Nc5ccccc5)n4)cc3OS(=O)O)c(OS(=O)O)c2)n1. The summed E-state index contributed by atoms with van der Waals surface area (Å²) in [5.74, 6) is 1.29. The maximum Gasteiger partial charge on any atom is 0.357 e. The molecular weight excluding hydrogens is 803 g/mol. The Hall–Kier alpha value is -6.82. The third kappa shape index (κ3) is 13.1. The Balaban J connectivity index is 1.24. The zero-order valence-corrected chi connectivity index (χ0v) is 32.8. The lowest BCUT2D eigenvalue weighted by Crippen LogP contribution is -2.19. The van der Waals surface area contributed by atoms with Crippen molar-refractivity contribution in [3.05, 3.63) is 108 Å². The highest BCUT2D eigenvalue weighted by molar-refractivity contribution is 7.74. The van der Waals surface area contributed by atoms with Gasteiger partial charge in [0, 0.05) is 65.6 Å². The van der Waals surface area contributed by atoms with E-state index in [1.165, 1.54) is 12.1 Å². The van der Waals surface area contributed by atoms with Gasteiger partial charge in [-0.25, -0.2) is 0 Å². The standard InChI is InChI=1S/C37H39N13O7S2/c1-38-18-19-39-32-45-34(41-26-8-4-2-5-9-26)49-36(46-32)43-28-16-14-24(30(22-28)56-58(52)53)12-13-25-15-17-29(23-31(25)57-59(54)55)44-37-48-33(40-20-21-51)47-35(50-37)42-27-10-6-3-7-11-27/h2-17,22-23,38,51H,18-21H2,1H3,(H,52,53)(H,54,55)(H3,39,41,43,45,46,49)(H3,40,42,44,47,48,50)/b13-12+. The molecule has 59 heavy (non-hydrogen) atoms. The highest BCUT2D eigenvalue weighted by atomic mass is 32.2. The van der Waals surface area contributed by atoms with Crippen molar-refractivity contribution >= 4 is 93.3 Å². The Bertz CT molecular complexity index is 2400. The average molecular weight is 842 g/mol. The normalized spacial score (nSPS) is 12.0. The molecule has 0 spiro atoms. The van der Waals surface area contributed by atoms with Gasteiger partial charge in [-0.2, -0.15) is 38.3 Å². The molecule has 306 valence electrons. The van der Waals surface area contributed by atoms with Crippen molar-refractivity contribution in [2.75, 3.05) is 65.2 Å². The van der Waals surface area contributed by atoms with Crippen LogP contribution in [0.2, 0.25) is 0 Å². The molecule has 10 N–H and O–H groups in total. The number of rotatable bonds is 21. The Kier molecular flexibility index (Phi) is 14.9. The molecule has 2 heterocycles. The first-order valence-electron chi connectivity index (χ1n) is 17.7. The Morgan fingerprint density at radius 3 is 1.31 bits per heavy atom. The fraction of sp³-hybridized carbons (Fsp3) is 0.135. The Morgan fingerprint density at radius 2 is 0.915 bits per heavy atom. The number of hydrogen-bond donors (Lipinski definition) is 10. The summed E-state index contributed by atoms with van der Waals surface area (Å²) < 4.78 is 53.6. The smallest absolute Gasteiger partial charge is 0.357 e. The predicted molar refractivity (Wildman–Crippen MR) is 228 cm³/mol. The molecule has 20 nitrogen and oxygen atoms in total. The van der Waals surface area contributed by atoms with E-state index in [9.17, 15) is 22.6 Å². The van der Waals surface area contributed by atoms with Crippen molar-refractivity contribution in [3.63, 3.8) is 0 Å². The van der Waals surface area contributed by atoms with Crippen LogP contribution in [0.15, 0.2) is 97.1 Å². The zero-order chi connectivity index (χ0) is 41.4. The minimum absolute atomic E-state index is 0.00257. The van der Waals surface area contributed by atoms with Gasteiger partial charge in [-0.3, -0.25) is 9.11 Å². The van der Waals surface area contributed by atoms with Gasteiger partial charge in [0.25, 0.3) is 0 Å². The first-order chi connectivity index (χ1) is 28.7. The summed E-state index contributed by atoms with van der Waals surface area (Å²) >= 11 is -5.39. The van der Waals surface area contributed by atoms with E-state index in [2.05, 4.69) is 67.1 Å². The van der Waals surface area contributed by atoms with Crippen molar-refractivity contribution in [1.29, 1.82) is 0 Å². The fourth-order valence-corrected chi connectivity index (χ4v) is 5.73. The number of anilines is 10. The minimum Gasteiger partial charge on any atom is -0.395 e. The molecule has 2 aromatic heterocycles. The van der Waals surface area contributed by atoms with Crippen molar-refractivity contribution in [1.82, 2.24) is 35.2 Å². The van der Waals surface area contributed by atoms with Gasteiger partial charge in [-0.1, -0.05) is 48.6 Å². The molecule has 0 aliphatic carbocycles. The highest BCUT2D eigenvalue weighted by Gasteiger charge is 2.14. The highest BCUT2D eigenvalue weighted by Crippen LogP contribution is 2.31. The summed E-state index contributed by atoms with van der Waals surface area (Å²) in [5, 5.41) is 30.8. The average Bonchev–Trinajstić information content (AvgIpc) is 3.21. The van der Waals surface area contributed by atoms with E-state index in [-0.39, 0.29) is 54.4 Å². The molecule has 6 aromatic rings. The van der Waals surface area contributed by atoms with Gasteiger partial charge in [0.05, 0.1) is 6.61 Å². The molecule has 4 aromatic carbocycles. The van der Waals surface area contributed by atoms with E-state index in [1.807, 2.05) is 67.7 Å². The van der Waals surface area contributed by atoms with Gasteiger partial charge >= 0.3 is 22.7 Å². The number of nitrogens with one attached hydrogen (secondary N) is 7. The third-order valence-corrected chi connectivity index (χ3v) is 8.33. The number of likely N-dealkylation sites (N-methyl/N-ethyl adjacent to an activating group) is 1. The Morgan fingerprint density at radius 1 is 0.525 bits per heavy atom. The molecule has 0 fully saturated rings. The number of hydrogen-bond acceptors (Lipinski definition) is 18. The van der Waals surface area contributed by atoms with Crippen LogP contribution in [0.4, 0.5) is 58.4 Å². The third-order valence-electron chi connectivity index (χ3n) is 7.69. The molecule has 0 saturated heterocycles. The van der Waals surface area contributed by atoms with E-state index in [0.29, 0.717) is 41.5 Å². The second-order valence-electron chi connectivity index (χ2n) is 12.0. The number of para-hydroxylation sites is 2. The van der Waals surface area contributed by atoms with Gasteiger partial charge < -0.3 is 50.7 Å². The van der Waals surface area contributed by atoms with Crippen molar-refractivity contribution in [2.24, 2.45) is 0 Å². The maximum atomic E-state index is 11.9. The van der Waals surface area contributed by atoms with Gasteiger partial charge in [-0.05, 0) is 55.6 Å². The fourth-order valence-electron chi connectivity index (χ4n) is 5.14. The van der Waals surface area contributed by atoms with Crippen LogP contribution in [0.3, 0.4) is 0 Å². The van der Waals surface area contributed by atoms with Crippen LogP contribution in [0, 0.1) is 0 Å². The van der Waals surface area contributed by atoms with Crippen LogP contribution in [-0.2, 0) is 22.7 Å². The van der Waals surface area contributed by atoms with Crippen molar-refractivity contribution in [2.45, 2.75) is 0 Å². The molecular formula is C37H39N13O7S2. The van der Waals surface area contributed by atoms with E-state index in [4.69, 9.17) is 8.37 Å². The van der Waals surface area contributed by atoms with Crippen LogP contribution < -0.4 is 45.6 Å². The van der Waals surface area contributed by atoms with E-state index < -0.39 is 22.7 Å². The molecule has 6 rings (SSSR count). The lowest BCUT2D eigenvalue weighted by molar-refractivity contribution is 0.311. The van der Waals surface area contributed by atoms with Crippen molar-refractivity contribution < 1.29 is 31.0 Å². The first-order valence-corrected chi connectivity index (χ1v) is 19.8. The lowest BCUT2D eigenvalue weighted by Gasteiger charge is -2.13. The Labute approximate surface area is 343 Å². The molecule has 2 unspecified atom stereocenters. The summed E-state index contributed by atoms with van der Waals surface area (Å²) in [7, 11) is 1.83. The van der Waals surface area contributed by atoms with Crippen molar-refractivity contribution in [3.8, 4) is 11.5 Å². The monoisotopic (exact) mass is 841 g/mol. The molecule has 22 heteroatoms. The number of aliphatic hydroxyl groups excluding tert-OH is 1. The van der Waals surface area contributed by atoms with Crippen LogP contribution in [0.25, 0.3) is 12.2 Å². The second-order valence-corrected chi connectivity index (χ2v) is 13.2. The molecule has 0 aliphatic rings. The molecule has 0 saturated carbocycles. The van der Waals surface area contributed by atoms with Gasteiger partial charge in [0.15, 0.2) is 11.5 Å². The largest absolute Gasteiger partial charge is 0.395 e. The molecule has 0 amide bonds. The number of aliphatic hydroxyl groups is 1. The summed E-state index contributed by atoms with van der Waals surface area (Å²) in [6.07, 6.45) is 3.14. The van der Waals surface area contributed by atoms with Crippen LogP contribution in [0.5, 0.6) is 11.5 Å². The van der Waals surface area contributed by atoms with Gasteiger partial charge in [0.1, 0.15) is 0 Å². The molecule has 0 bridgehead atoms. The van der Waals surface area contributed by atoms with Gasteiger partial charge in [-0.15, -0.1) is 0 Å². The quantitative estimate of drug-likeness (QED) is 0.0251. The van der Waals surface area contributed by atoms with E-state index in [0.717, 1.165) is 11.4 Å². The van der Waals surface area contributed by atoms with Gasteiger partial charge in [0.2, 0.25) is 35.7 Å². The molecule has 0 radical (unpaired) electrons. The lowest BCUT2D eigenvalue weighted by atomic mass is 10.1. The maximum absolute atomic E-state index is 11.9.